The van der Waals surface area contributed by atoms with Gasteiger partial charge in [0, 0.05) is 38.4 Å². The van der Waals surface area contributed by atoms with E-state index in [9.17, 15) is 5.11 Å². The number of aliphatic hydroxyl groups is 1. The molecule has 22 heavy (non-hydrogen) atoms. The fourth-order valence-electron chi connectivity index (χ4n) is 3.74. The van der Waals surface area contributed by atoms with E-state index in [2.05, 4.69) is 21.9 Å². The molecule has 4 nitrogen and oxygen atoms in total. The molecule has 0 radical (unpaired) electrons. The first kappa shape index (κ1) is 15.6. The van der Waals surface area contributed by atoms with Gasteiger partial charge in [0.1, 0.15) is 5.75 Å². The number of hydrogen-bond acceptors (Lipinski definition) is 4. The lowest BCUT2D eigenvalue weighted by Gasteiger charge is -2.41. The molecule has 1 heterocycles. The number of rotatable bonds is 4. The van der Waals surface area contributed by atoms with Gasteiger partial charge in [-0.2, -0.15) is 0 Å². The van der Waals surface area contributed by atoms with E-state index >= 15 is 0 Å². The average Bonchev–Trinajstić information content (AvgIpc) is 2.56. The van der Waals surface area contributed by atoms with Crippen LogP contribution in [0.5, 0.6) is 5.75 Å². The molecule has 122 valence electrons. The van der Waals surface area contributed by atoms with Crippen molar-refractivity contribution in [3.8, 4) is 5.75 Å². The lowest BCUT2D eigenvalue weighted by molar-refractivity contribution is -0.0271. The fourth-order valence-corrected chi connectivity index (χ4v) is 3.74. The monoisotopic (exact) mass is 304 g/mol. The van der Waals surface area contributed by atoms with Gasteiger partial charge in [-0.3, -0.25) is 4.90 Å². The second-order valence-electron chi connectivity index (χ2n) is 6.75. The largest absolute Gasteiger partial charge is 0.497 e. The van der Waals surface area contributed by atoms with Gasteiger partial charge < -0.3 is 14.7 Å². The van der Waals surface area contributed by atoms with E-state index in [1.54, 1.807) is 7.11 Å². The summed E-state index contributed by atoms with van der Waals surface area (Å²) in [6.45, 7) is 4.98. The lowest BCUT2D eigenvalue weighted by Crippen LogP contribution is -2.52. The molecule has 4 heteroatoms. The minimum atomic E-state index is -0.430. The zero-order valence-electron chi connectivity index (χ0n) is 13.6. The third-order valence-electron chi connectivity index (χ3n) is 5.11. The molecule has 1 aliphatic carbocycles. The molecule has 2 aliphatic rings. The molecule has 0 atom stereocenters. The SMILES string of the molecule is COc1ccc(N2CCN(CC3(O)CCCCC3)CC2)cc1. The highest BCUT2D eigenvalue weighted by Crippen LogP contribution is 2.29. The van der Waals surface area contributed by atoms with Crippen molar-refractivity contribution in [3.63, 3.8) is 0 Å². The molecule has 0 unspecified atom stereocenters. The normalized spacial score (nSPS) is 22.5. The predicted octanol–water partition coefficient (Wildman–Crippen LogP) is 2.51. The highest BCUT2D eigenvalue weighted by molar-refractivity contribution is 5.49. The molecular formula is C18H28N2O2. The topological polar surface area (TPSA) is 35.9 Å². The van der Waals surface area contributed by atoms with Crippen LogP contribution in [0.25, 0.3) is 0 Å². The van der Waals surface area contributed by atoms with Crippen molar-refractivity contribution < 1.29 is 9.84 Å². The number of anilines is 1. The Morgan fingerprint density at radius 2 is 1.64 bits per heavy atom. The summed E-state index contributed by atoms with van der Waals surface area (Å²) in [5.41, 5.74) is 0.831. The second-order valence-corrected chi connectivity index (χ2v) is 6.75. The van der Waals surface area contributed by atoms with Crippen molar-refractivity contribution in [3.05, 3.63) is 24.3 Å². The first-order chi connectivity index (χ1) is 10.7. The van der Waals surface area contributed by atoms with Crippen molar-refractivity contribution in [2.24, 2.45) is 0 Å². The van der Waals surface area contributed by atoms with E-state index < -0.39 is 5.60 Å². The summed E-state index contributed by atoms with van der Waals surface area (Å²) in [4.78, 5) is 4.85. The van der Waals surface area contributed by atoms with E-state index in [0.29, 0.717) is 0 Å². The zero-order chi connectivity index (χ0) is 15.4. The van der Waals surface area contributed by atoms with Gasteiger partial charge in [-0.05, 0) is 37.1 Å². The molecular weight excluding hydrogens is 276 g/mol. The molecule has 1 saturated heterocycles. The Morgan fingerprint density at radius 1 is 1.00 bits per heavy atom. The van der Waals surface area contributed by atoms with Crippen LogP contribution >= 0.6 is 0 Å². The van der Waals surface area contributed by atoms with Crippen molar-refractivity contribution in [2.75, 3.05) is 44.7 Å². The number of benzene rings is 1. The van der Waals surface area contributed by atoms with Crippen LogP contribution < -0.4 is 9.64 Å². The van der Waals surface area contributed by atoms with Crippen LogP contribution in [0.2, 0.25) is 0 Å². The summed E-state index contributed by atoms with van der Waals surface area (Å²) in [5, 5.41) is 10.7. The van der Waals surface area contributed by atoms with Crippen molar-refractivity contribution >= 4 is 5.69 Å². The summed E-state index contributed by atoms with van der Waals surface area (Å²) >= 11 is 0. The molecule has 1 aromatic carbocycles. The van der Waals surface area contributed by atoms with Gasteiger partial charge in [0.2, 0.25) is 0 Å². The summed E-state index contributed by atoms with van der Waals surface area (Å²) in [7, 11) is 1.70. The van der Waals surface area contributed by atoms with Crippen LogP contribution in [0, 0.1) is 0 Å². The maximum absolute atomic E-state index is 10.7. The Morgan fingerprint density at radius 3 is 2.23 bits per heavy atom. The van der Waals surface area contributed by atoms with E-state index in [0.717, 1.165) is 51.3 Å². The average molecular weight is 304 g/mol. The quantitative estimate of drug-likeness (QED) is 0.927. The fraction of sp³-hybridized carbons (Fsp3) is 0.667. The minimum absolute atomic E-state index is 0.430. The molecule has 1 aliphatic heterocycles. The molecule has 0 bridgehead atoms. The van der Waals surface area contributed by atoms with E-state index in [-0.39, 0.29) is 0 Å². The van der Waals surface area contributed by atoms with E-state index in [1.165, 1.54) is 24.9 Å². The van der Waals surface area contributed by atoms with Crippen LogP contribution in [0.15, 0.2) is 24.3 Å². The van der Waals surface area contributed by atoms with Gasteiger partial charge in [0.25, 0.3) is 0 Å². The molecule has 0 aromatic heterocycles. The van der Waals surface area contributed by atoms with Crippen LogP contribution in [-0.2, 0) is 0 Å². The summed E-state index contributed by atoms with van der Waals surface area (Å²) in [5.74, 6) is 0.905. The smallest absolute Gasteiger partial charge is 0.119 e. The molecule has 0 spiro atoms. The van der Waals surface area contributed by atoms with E-state index in [1.807, 2.05) is 12.1 Å². The zero-order valence-corrected chi connectivity index (χ0v) is 13.6. The number of ether oxygens (including phenoxy) is 1. The van der Waals surface area contributed by atoms with Crippen molar-refractivity contribution in [1.29, 1.82) is 0 Å². The molecule has 1 aromatic rings. The number of hydrogen-bond donors (Lipinski definition) is 1. The second kappa shape index (κ2) is 6.88. The van der Waals surface area contributed by atoms with E-state index in [4.69, 9.17) is 4.74 Å². The summed E-state index contributed by atoms with van der Waals surface area (Å²) < 4.78 is 5.21. The third-order valence-corrected chi connectivity index (χ3v) is 5.11. The Hall–Kier alpha value is -1.26. The van der Waals surface area contributed by atoms with Gasteiger partial charge in [0.15, 0.2) is 0 Å². The number of nitrogens with zero attached hydrogens (tertiary/aromatic N) is 2. The Balaban J connectivity index is 1.51. The number of methoxy groups -OCH3 is 1. The summed E-state index contributed by atoms with van der Waals surface area (Å²) in [6.07, 6.45) is 5.61. The number of piperazine rings is 1. The summed E-state index contributed by atoms with van der Waals surface area (Å²) in [6, 6.07) is 8.30. The van der Waals surface area contributed by atoms with Crippen LogP contribution in [0.3, 0.4) is 0 Å². The molecule has 1 N–H and O–H groups in total. The highest BCUT2D eigenvalue weighted by Gasteiger charge is 2.32. The van der Waals surface area contributed by atoms with Gasteiger partial charge in [0.05, 0.1) is 12.7 Å². The standard InChI is InChI=1S/C18H28N2O2/c1-22-17-7-5-16(6-8-17)20-13-11-19(12-14-20)15-18(21)9-3-2-4-10-18/h5-8,21H,2-4,9-15H2,1H3. The van der Waals surface area contributed by atoms with Crippen LogP contribution in [0.1, 0.15) is 32.1 Å². The number of β-amino-alcohol motifs (C(OH)–C–C–N with tert-alkyl or cyclic N) is 1. The van der Waals surface area contributed by atoms with Gasteiger partial charge in [-0.25, -0.2) is 0 Å². The first-order valence-electron chi connectivity index (χ1n) is 8.52. The molecule has 2 fully saturated rings. The first-order valence-corrected chi connectivity index (χ1v) is 8.52. The minimum Gasteiger partial charge on any atom is -0.497 e. The molecule has 0 amide bonds. The van der Waals surface area contributed by atoms with Crippen molar-refractivity contribution in [2.45, 2.75) is 37.7 Å². The highest BCUT2D eigenvalue weighted by atomic mass is 16.5. The van der Waals surface area contributed by atoms with Crippen molar-refractivity contribution in [1.82, 2.24) is 4.90 Å². The Kier molecular flexibility index (Phi) is 4.89. The van der Waals surface area contributed by atoms with Gasteiger partial charge >= 0.3 is 0 Å². The van der Waals surface area contributed by atoms with Crippen LogP contribution in [-0.4, -0.2) is 55.4 Å². The third kappa shape index (κ3) is 3.73. The van der Waals surface area contributed by atoms with Crippen LogP contribution in [0.4, 0.5) is 5.69 Å². The van der Waals surface area contributed by atoms with Gasteiger partial charge in [-0.15, -0.1) is 0 Å². The Labute approximate surface area is 133 Å². The Bertz CT molecular complexity index is 460. The maximum atomic E-state index is 10.7. The van der Waals surface area contributed by atoms with Gasteiger partial charge in [-0.1, -0.05) is 19.3 Å². The predicted molar refractivity (Wildman–Crippen MR) is 89.7 cm³/mol. The maximum Gasteiger partial charge on any atom is 0.119 e. The molecule has 1 saturated carbocycles. The molecule has 3 rings (SSSR count). The lowest BCUT2D eigenvalue weighted by atomic mass is 9.84.